The highest BCUT2D eigenvalue weighted by atomic mass is 32.1. The minimum absolute atomic E-state index is 0.102. The Kier molecular flexibility index (Phi) is 6.61. The molecular formula is C28H25NO5S. The van der Waals surface area contributed by atoms with Crippen LogP contribution in [0.5, 0.6) is 11.5 Å². The van der Waals surface area contributed by atoms with Crippen molar-refractivity contribution in [2.45, 2.75) is 19.3 Å². The van der Waals surface area contributed by atoms with Gasteiger partial charge < -0.3 is 9.84 Å². The molecule has 1 fully saturated rings. The van der Waals surface area contributed by atoms with E-state index < -0.39 is 11.6 Å². The number of hydrogen-bond acceptors (Lipinski definition) is 7. The van der Waals surface area contributed by atoms with E-state index in [1.807, 2.05) is 0 Å². The third-order valence-corrected chi connectivity index (χ3v) is 7.63. The van der Waals surface area contributed by atoms with Crippen molar-refractivity contribution < 1.29 is 24.2 Å². The zero-order valence-corrected chi connectivity index (χ0v) is 20.0. The summed E-state index contributed by atoms with van der Waals surface area (Å²) < 4.78 is 5.89. The molecule has 2 aliphatic rings. The lowest BCUT2D eigenvalue weighted by Crippen LogP contribution is -2.33. The number of nitrogens with zero attached hydrogens (tertiary/aromatic N) is 1. The number of rotatable bonds is 7. The summed E-state index contributed by atoms with van der Waals surface area (Å²) in [5.74, 6) is -0.641. The van der Waals surface area contributed by atoms with Crippen molar-refractivity contribution in [1.82, 2.24) is 4.90 Å². The van der Waals surface area contributed by atoms with Gasteiger partial charge in [0.2, 0.25) is 11.6 Å². The van der Waals surface area contributed by atoms with Gasteiger partial charge in [-0.05, 0) is 92.2 Å². The largest absolute Gasteiger partial charge is 0.508 e. The smallest absolute Gasteiger partial charge is 0.243 e. The Bertz CT molecular complexity index is 1300. The number of carbonyl (C=O) groups excluding carboxylic acids is 3. The Labute approximate surface area is 207 Å². The molecule has 3 aromatic rings. The SMILES string of the molecule is O=C1C=Cc2c(sc(-c3ccc(O)cc3)c2C(=O)c2ccc(OCCN3CCCCC3)cc2)C1=O. The summed E-state index contributed by atoms with van der Waals surface area (Å²) in [5.41, 5.74) is 2.00. The zero-order chi connectivity index (χ0) is 24.4. The maximum atomic E-state index is 13.6. The molecule has 6 nitrogen and oxygen atoms in total. The summed E-state index contributed by atoms with van der Waals surface area (Å²) in [6, 6.07) is 13.5. The van der Waals surface area contributed by atoms with Gasteiger partial charge in [-0.15, -0.1) is 11.3 Å². The third kappa shape index (κ3) is 4.83. The number of carbonyl (C=O) groups is 3. The number of Topliss-reactive ketones (excluding diaryl/α,β-unsaturated/α-hetero) is 1. The van der Waals surface area contributed by atoms with Crippen LogP contribution >= 0.6 is 11.3 Å². The normalized spacial score (nSPS) is 15.8. The second-order valence-corrected chi connectivity index (χ2v) is 9.75. The maximum Gasteiger partial charge on any atom is 0.243 e. The van der Waals surface area contributed by atoms with Crippen molar-refractivity contribution in [3.05, 3.63) is 76.2 Å². The van der Waals surface area contributed by atoms with E-state index in [1.165, 1.54) is 37.5 Å². The van der Waals surface area contributed by atoms with Gasteiger partial charge in [0.15, 0.2) is 5.78 Å². The van der Waals surface area contributed by atoms with Crippen LogP contribution < -0.4 is 4.74 Å². The molecule has 1 aliphatic heterocycles. The predicted molar refractivity (Wildman–Crippen MR) is 135 cm³/mol. The van der Waals surface area contributed by atoms with Crippen molar-refractivity contribution in [3.63, 3.8) is 0 Å². The standard InChI is InChI=1S/C28H25NO5S/c30-20-8-4-19(5-9-20)27-24(22-12-13-23(31)26(33)28(22)35-27)25(32)18-6-10-21(11-7-18)34-17-16-29-14-2-1-3-15-29/h4-13,30H,1-3,14-17H2. The fraction of sp³-hybridized carbons (Fsp3) is 0.250. The molecule has 0 unspecified atom stereocenters. The molecule has 7 heteroatoms. The second-order valence-electron chi connectivity index (χ2n) is 8.73. The van der Waals surface area contributed by atoms with Gasteiger partial charge in [-0.1, -0.05) is 6.42 Å². The van der Waals surface area contributed by atoms with E-state index >= 15 is 0 Å². The van der Waals surface area contributed by atoms with Gasteiger partial charge in [-0.2, -0.15) is 0 Å². The first kappa shape index (κ1) is 23.2. The van der Waals surface area contributed by atoms with Gasteiger partial charge in [0.1, 0.15) is 18.1 Å². The number of hydrogen-bond donors (Lipinski definition) is 1. The van der Waals surface area contributed by atoms with Crippen LogP contribution in [0.1, 0.15) is 50.4 Å². The topological polar surface area (TPSA) is 83.9 Å². The molecule has 1 saturated heterocycles. The summed E-state index contributed by atoms with van der Waals surface area (Å²) in [5, 5.41) is 9.67. The molecule has 1 aliphatic carbocycles. The Balaban J connectivity index is 1.40. The number of thiophene rings is 1. The Morgan fingerprint density at radius 2 is 1.63 bits per heavy atom. The number of likely N-dealkylation sites (tertiary alicyclic amines) is 1. The van der Waals surface area contributed by atoms with Gasteiger partial charge in [0, 0.05) is 28.1 Å². The molecule has 0 bridgehead atoms. The van der Waals surface area contributed by atoms with E-state index in [1.54, 1.807) is 42.5 Å². The molecular weight excluding hydrogens is 462 g/mol. The average Bonchev–Trinajstić information content (AvgIpc) is 3.27. The highest BCUT2D eigenvalue weighted by molar-refractivity contribution is 7.19. The number of phenols is 1. The van der Waals surface area contributed by atoms with E-state index in [0.717, 1.165) is 31.0 Å². The van der Waals surface area contributed by atoms with Crippen LogP contribution in [0, 0.1) is 0 Å². The lowest BCUT2D eigenvalue weighted by atomic mass is 9.92. The van der Waals surface area contributed by atoms with Gasteiger partial charge in [-0.25, -0.2) is 0 Å². The highest BCUT2D eigenvalue weighted by Gasteiger charge is 2.31. The number of ether oxygens (including phenoxy) is 1. The van der Waals surface area contributed by atoms with Crippen LogP contribution in [-0.4, -0.2) is 53.6 Å². The molecule has 0 radical (unpaired) electrons. The summed E-state index contributed by atoms with van der Waals surface area (Å²) >= 11 is 1.13. The summed E-state index contributed by atoms with van der Waals surface area (Å²) in [4.78, 5) is 41.4. The maximum absolute atomic E-state index is 13.6. The Hall–Kier alpha value is -3.55. The fourth-order valence-corrected chi connectivity index (χ4v) is 5.72. The van der Waals surface area contributed by atoms with E-state index in [2.05, 4.69) is 4.90 Å². The summed E-state index contributed by atoms with van der Waals surface area (Å²) in [7, 11) is 0. The highest BCUT2D eigenvalue weighted by Crippen LogP contribution is 2.41. The predicted octanol–water partition coefficient (Wildman–Crippen LogP) is 5.00. The Morgan fingerprint density at radius 1 is 0.914 bits per heavy atom. The number of aromatic hydroxyl groups is 1. The van der Waals surface area contributed by atoms with Crippen LogP contribution in [0.25, 0.3) is 16.5 Å². The van der Waals surface area contributed by atoms with E-state index in [-0.39, 0.29) is 16.4 Å². The fourth-order valence-electron chi connectivity index (χ4n) is 4.48. The van der Waals surface area contributed by atoms with Crippen molar-refractivity contribution in [2.24, 2.45) is 0 Å². The first-order chi connectivity index (χ1) is 17.0. The van der Waals surface area contributed by atoms with Crippen molar-refractivity contribution in [1.29, 1.82) is 0 Å². The number of fused-ring (bicyclic) bond motifs is 1. The molecule has 2 heterocycles. The number of benzene rings is 2. The number of piperidine rings is 1. The van der Waals surface area contributed by atoms with Crippen LogP contribution in [0.15, 0.2) is 54.6 Å². The minimum Gasteiger partial charge on any atom is -0.508 e. The number of phenolic OH excluding ortho intramolecular Hbond substituents is 1. The second kappa shape index (κ2) is 9.98. The Morgan fingerprint density at radius 3 is 2.34 bits per heavy atom. The van der Waals surface area contributed by atoms with E-state index in [9.17, 15) is 19.5 Å². The lowest BCUT2D eigenvalue weighted by molar-refractivity contribution is -0.110. The molecule has 0 atom stereocenters. The summed E-state index contributed by atoms with van der Waals surface area (Å²) in [6.07, 6.45) is 6.54. The molecule has 1 aromatic heterocycles. The molecule has 1 N–H and O–H groups in total. The van der Waals surface area contributed by atoms with E-state index in [0.29, 0.717) is 39.5 Å². The molecule has 0 saturated carbocycles. The van der Waals surface area contributed by atoms with Crippen LogP contribution in [0.4, 0.5) is 0 Å². The monoisotopic (exact) mass is 487 g/mol. The minimum atomic E-state index is -0.607. The van der Waals surface area contributed by atoms with Crippen molar-refractivity contribution in [2.75, 3.05) is 26.2 Å². The molecule has 178 valence electrons. The molecule has 2 aromatic carbocycles. The van der Waals surface area contributed by atoms with Crippen LogP contribution in [0.3, 0.4) is 0 Å². The molecule has 5 rings (SSSR count). The average molecular weight is 488 g/mol. The lowest BCUT2D eigenvalue weighted by Gasteiger charge is -2.26. The van der Waals surface area contributed by atoms with Crippen molar-refractivity contribution >= 4 is 34.8 Å². The molecule has 0 spiro atoms. The van der Waals surface area contributed by atoms with Gasteiger partial charge >= 0.3 is 0 Å². The first-order valence-electron chi connectivity index (χ1n) is 11.7. The first-order valence-corrected chi connectivity index (χ1v) is 12.6. The van der Waals surface area contributed by atoms with Crippen LogP contribution in [-0.2, 0) is 4.79 Å². The number of allylic oxidation sites excluding steroid dienone is 1. The third-order valence-electron chi connectivity index (χ3n) is 6.37. The quantitative estimate of drug-likeness (QED) is 0.373. The van der Waals surface area contributed by atoms with E-state index in [4.69, 9.17) is 4.74 Å². The van der Waals surface area contributed by atoms with Gasteiger partial charge in [0.05, 0.1) is 4.88 Å². The molecule has 0 amide bonds. The molecule has 35 heavy (non-hydrogen) atoms. The van der Waals surface area contributed by atoms with Crippen LogP contribution in [0.2, 0.25) is 0 Å². The van der Waals surface area contributed by atoms with Gasteiger partial charge in [0.25, 0.3) is 0 Å². The van der Waals surface area contributed by atoms with Gasteiger partial charge in [-0.3, -0.25) is 19.3 Å². The summed E-state index contributed by atoms with van der Waals surface area (Å²) in [6.45, 7) is 3.72. The number of ketones is 3. The zero-order valence-electron chi connectivity index (χ0n) is 19.2. The van der Waals surface area contributed by atoms with Crippen molar-refractivity contribution in [3.8, 4) is 21.9 Å².